The lowest BCUT2D eigenvalue weighted by Crippen LogP contribution is -2.53. The molecule has 1 aromatic carbocycles. The topological polar surface area (TPSA) is 66.8 Å². The molecule has 2 saturated heterocycles. The number of piperidine rings is 1. The van der Waals surface area contributed by atoms with Crippen molar-refractivity contribution in [3.05, 3.63) is 35.9 Å². The van der Waals surface area contributed by atoms with Crippen LogP contribution in [0, 0.1) is 5.92 Å². The van der Waals surface area contributed by atoms with Crippen molar-refractivity contribution in [2.24, 2.45) is 5.92 Å². The zero-order valence-electron chi connectivity index (χ0n) is 11.9. The number of nitrogens with zero attached hydrogens (tertiary/aromatic N) is 1. The predicted molar refractivity (Wildman–Crippen MR) is 76.0 cm³/mol. The Labute approximate surface area is 123 Å². The van der Waals surface area contributed by atoms with E-state index < -0.39 is 24.0 Å². The highest BCUT2D eigenvalue weighted by atomic mass is 16.5. The molecule has 2 unspecified atom stereocenters. The van der Waals surface area contributed by atoms with E-state index in [2.05, 4.69) is 4.90 Å². The Bertz CT molecular complexity index is 544. The first-order valence-corrected chi connectivity index (χ1v) is 7.28. The van der Waals surface area contributed by atoms with Gasteiger partial charge in [-0.2, -0.15) is 0 Å². The highest BCUT2D eigenvalue weighted by Crippen LogP contribution is 2.39. The van der Waals surface area contributed by atoms with E-state index in [-0.39, 0.29) is 6.04 Å². The molecule has 2 bridgehead atoms. The molecule has 0 spiro atoms. The van der Waals surface area contributed by atoms with Gasteiger partial charge in [0, 0.05) is 18.5 Å². The zero-order chi connectivity index (χ0) is 15.0. The van der Waals surface area contributed by atoms with Crippen LogP contribution >= 0.6 is 0 Å². The summed E-state index contributed by atoms with van der Waals surface area (Å²) in [6, 6.07) is 9.01. The molecule has 3 rings (SSSR count). The quantitative estimate of drug-likeness (QED) is 0.859. The van der Waals surface area contributed by atoms with Crippen LogP contribution in [-0.2, 0) is 9.53 Å². The minimum atomic E-state index is -0.877. The number of ether oxygens (including phenoxy) is 1. The Kier molecular flexibility index (Phi) is 3.68. The Balaban J connectivity index is 1.78. The van der Waals surface area contributed by atoms with Crippen LogP contribution in [0.25, 0.3) is 0 Å². The van der Waals surface area contributed by atoms with Crippen LogP contribution in [0.4, 0.5) is 0 Å². The summed E-state index contributed by atoms with van der Waals surface area (Å²) in [5.41, 5.74) is 0.466. The van der Waals surface area contributed by atoms with Gasteiger partial charge in [0.1, 0.15) is 12.0 Å². The molecule has 1 aromatic rings. The van der Waals surface area contributed by atoms with E-state index in [1.807, 2.05) is 13.1 Å². The van der Waals surface area contributed by atoms with Crippen LogP contribution in [0.5, 0.6) is 0 Å². The average molecular weight is 289 g/mol. The Morgan fingerprint density at radius 3 is 2.62 bits per heavy atom. The number of rotatable bonds is 3. The van der Waals surface area contributed by atoms with Gasteiger partial charge in [-0.15, -0.1) is 0 Å². The lowest BCUT2D eigenvalue weighted by atomic mass is 9.87. The lowest BCUT2D eigenvalue weighted by molar-refractivity contribution is -0.152. The largest absolute Gasteiger partial charge is 0.481 e. The van der Waals surface area contributed by atoms with E-state index in [0.717, 1.165) is 12.8 Å². The molecule has 5 nitrogen and oxygen atoms in total. The van der Waals surface area contributed by atoms with E-state index in [1.165, 1.54) is 0 Å². The number of hydrogen-bond acceptors (Lipinski definition) is 4. The first-order valence-electron chi connectivity index (χ1n) is 7.28. The van der Waals surface area contributed by atoms with E-state index >= 15 is 0 Å². The lowest BCUT2D eigenvalue weighted by Gasteiger charge is -2.40. The smallest absolute Gasteiger partial charge is 0.338 e. The van der Waals surface area contributed by atoms with E-state index in [1.54, 1.807) is 24.3 Å². The van der Waals surface area contributed by atoms with Crippen molar-refractivity contribution < 1.29 is 19.4 Å². The minimum absolute atomic E-state index is 0.0326. The fourth-order valence-electron chi connectivity index (χ4n) is 3.65. The van der Waals surface area contributed by atoms with Gasteiger partial charge in [0.25, 0.3) is 0 Å². The van der Waals surface area contributed by atoms with Crippen molar-refractivity contribution in [2.75, 3.05) is 7.05 Å². The third kappa shape index (κ3) is 2.53. The number of carbonyl (C=O) groups is 2. The van der Waals surface area contributed by atoms with Gasteiger partial charge >= 0.3 is 11.9 Å². The molecule has 112 valence electrons. The maximum absolute atomic E-state index is 12.2. The second-order valence-corrected chi connectivity index (χ2v) is 5.87. The molecule has 2 fully saturated rings. The molecule has 0 amide bonds. The maximum Gasteiger partial charge on any atom is 0.338 e. The van der Waals surface area contributed by atoms with Gasteiger partial charge in [-0.25, -0.2) is 4.79 Å². The van der Waals surface area contributed by atoms with Crippen LogP contribution in [0.2, 0.25) is 0 Å². The molecule has 2 heterocycles. The molecule has 2 aliphatic heterocycles. The Morgan fingerprint density at radius 2 is 1.95 bits per heavy atom. The summed E-state index contributed by atoms with van der Waals surface area (Å²) in [7, 11) is 1.97. The van der Waals surface area contributed by atoms with Crippen LogP contribution in [0.15, 0.2) is 30.3 Å². The number of carbonyl (C=O) groups excluding carboxylic acids is 1. The van der Waals surface area contributed by atoms with E-state index in [9.17, 15) is 14.7 Å². The van der Waals surface area contributed by atoms with Crippen LogP contribution in [0.3, 0.4) is 0 Å². The van der Waals surface area contributed by atoms with Crippen molar-refractivity contribution in [1.82, 2.24) is 4.90 Å². The fraction of sp³-hybridized carbons (Fsp3) is 0.500. The summed E-state index contributed by atoms with van der Waals surface area (Å²) in [4.78, 5) is 25.9. The summed E-state index contributed by atoms with van der Waals surface area (Å²) in [5.74, 6) is -1.95. The van der Waals surface area contributed by atoms with Gasteiger partial charge in [0.2, 0.25) is 0 Å². The number of aliphatic carboxylic acids is 1. The standard InChI is InChI=1S/C16H19NO4/c1-17-11-7-8-12(17)14(15(18)19)13(9-11)21-16(20)10-5-3-2-4-6-10/h2-6,11-14H,7-9H2,1H3,(H,18,19)/t11-,12?,13?,14+/m0/s1. The summed E-state index contributed by atoms with van der Waals surface area (Å²) < 4.78 is 5.53. The molecule has 21 heavy (non-hydrogen) atoms. The van der Waals surface area contributed by atoms with Gasteiger partial charge in [0.05, 0.1) is 5.56 Å². The molecule has 0 radical (unpaired) electrons. The van der Waals surface area contributed by atoms with Crippen LogP contribution < -0.4 is 0 Å². The summed E-state index contributed by atoms with van der Waals surface area (Å²) in [6.07, 6.45) is 1.90. The van der Waals surface area contributed by atoms with Crippen LogP contribution in [-0.4, -0.2) is 47.2 Å². The first kappa shape index (κ1) is 14.1. The summed E-state index contributed by atoms with van der Waals surface area (Å²) in [5, 5.41) is 9.51. The zero-order valence-corrected chi connectivity index (χ0v) is 11.9. The number of carboxylic acid groups (broad SMARTS) is 1. The van der Waals surface area contributed by atoms with Crippen molar-refractivity contribution in [3.63, 3.8) is 0 Å². The normalized spacial score (nSPS) is 31.9. The first-order chi connectivity index (χ1) is 10.1. The summed E-state index contributed by atoms with van der Waals surface area (Å²) >= 11 is 0. The molecule has 5 heteroatoms. The second-order valence-electron chi connectivity index (χ2n) is 5.87. The molecular weight excluding hydrogens is 270 g/mol. The highest BCUT2D eigenvalue weighted by Gasteiger charge is 2.50. The van der Waals surface area contributed by atoms with Crippen molar-refractivity contribution in [1.29, 1.82) is 0 Å². The van der Waals surface area contributed by atoms with Gasteiger partial charge in [-0.1, -0.05) is 18.2 Å². The Hall–Kier alpha value is -1.88. The number of benzene rings is 1. The molecular formula is C16H19NO4. The second kappa shape index (κ2) is 5.48. The highest BCUT2D eigenvalue weighted by molar-refractivity contribution is 5.89. The minimum Gasteiger partial charge on any atom is -0.481 e. The maximum atomic E-state index is 12.2. The summed E-state index contributed by atoms with van der Waals surface area (Å²) in [6.45, 7) is 0. The Morgan fingerprint density at radius 1 is 1.24 bits per heavy atom. The SMILES string of the molecule is CN1C2CC[C@H]1CC(OC(=O)c1ccccc1)[C@@H]2C(=O)O. The van der Waals surface area contributed by atoms with Crippen molar-refractivity contribution in [2.45, 2.75) is 37.5 Å². The molecule has 1 N–H and O–H groups in total. The molecule has 0 aromatic heterocycles. The number of hydrogen-bond donors (Lipinski definition) is 1. The van der Waals surface area contributed by atoms with Gasteiger partial charge in [-0.05, 0) is 32.0 Å². The number of fused-ring (bicyclic) bond motifs is 2. The monoisotopic (exact) mass is 289 g/mol. The van der Waals surface area contributed by atoms with Crippen LogP contribution in [0.1, 0.15) is 29.6 Å². The third-order valence-corrected chi connectivity index (χ3v) is 4.77. The third-order valence-electron chi connectivity index (χ3n) is 4.77. The average Bonchev–Trinajstić information content (AvgIpc) is 2.72. The van der Waals surface area contributed by atoms with Gasteiger partial charge < -0.3 is 9.84 Å². The fourth-order valence-corrected chi connectivity index (χ4v) is 3.65. The van der Waals surface area contributed by atoms with Crippen molar-refractivity contribution >= 4 is 11.9 Å². The van der Waals surface area contributed by atoms with E-state index in [0.29, 0.717) is 18.0 Å². The molecule has 2 aliphatic rings. The molecule has 0 saturated carbocycles. The van der Waals surface area contributed by atoms with Gasteiger partial charge in [-0.3, -0.25) is 9.69 Å². The van der Waals surface area contributed by atoms with E-state index in [4.69, 9.17) is 4.74 Å². The predicted octanol–water partition coefficient (Wildman–Crippen LogP) is 1.78. The van der Waals surface area contributed by atoms with Gasteiger partial charge in [0.15, 0.2) is 0 Å². The number of carboxylic acids is 1. The molecule has 4 atom stereocenters. The molecule has 0 aliphatic carbocycles. The number of esters is 1. The van der Waals surface area contributed by atoms with Crippen molar-refractivity contribution in [3.8, 4) is 0 Å².